The highest BCUT2D eigenvalue weighted by molar-refractivity contribution is 8.08. The van der Waals surface area contributed by atoms with Crippen LogP contribution in [0.2, 0.25) is 5.02 Å². The summed E-state index contributed by atoms with van der Waals surface area (Å²) in [5.74, 6) is 0.235. The van der Waals surface area contributed by atoms with Gasteiger partial charge in [0, 0.05) is 5.02 Å². The van der Waals surface area contributed by atoms with Crippen molar-refractivity contribution in [1.29, 1.82) is 0 Å². The maximum absolute atomic E-state index is 11.4. The predicted octanol–water partition coefficient (Wildman–Crippen LogP) is 1.26. The second-order valence-corrected chi connectivity index (χ2v) is 5.13. The normalized spacial score (nSPS) is 17.8. The molecule has 1 aliphatic heterocycles. The Balaban J connectivity index is 2.25. The molecular weight excluding hydrogens is 252 g/mol. The zero-order chi connectivity index (χ0) is 11.8. The number of hydrogen-bond acceptors (Lipinski definition) is 5. The van der Waals surface area contributed by atoms with E-state index < -0.39 is 15.1 Å². The number of rotatable bonds is 1. The highest BCUT2D eigenvalue weighted by Gasteiger charge is 2.26. The van der Waals surface area contributed by atoms with Gasteiger partial charge in [-0.1, -0.05) is 11.6 Å². The Morgan fingerprint density at radius 2 is 1.88 bits per heavy atom. The molecule has 0 radical (unpaired) electrons. The third-order valence-electron chi connectivity index (χ3n) is 1.76. The van der Waals surface area contributed by atoms with Gasteiger partial charge in [-0.25, -0.2) is 8.42 Å². The summed E-state index contributed by atoms with van der Waals surface area (Å²) in [5.41, 5.74) is 5.27. The molecule has 84 valence electrons. The number of sulfone groups is 1. The molecular formula is C9H7ClN2O3S. The van der Waals surface area contributed by atoms with Gasteiger partial charge in [0.25, 0.3) is 9.84 Å². The lowest BCUT2D eigenvalue weighted by molar-refractivity contribution is 0.549. The lowest BCUT2D eigenvalue weighted by Gasteiger charge is -2.03. The van der Waals surface area contributed by atoms with Crippen LogP contribution in [0.25, 0.3) is 0 Å². The first-order valence-corrected chi connectivity index (χ1v) is 6.14. The quantitative estimate of drug-likeness (QED) is 0.822. The largest absolute Gasteiger partial charge is 0.430 e. The molecule has 1 aromatic rings. The van der Waals surface area contributed by atoms with Gasteiger partial charge in [0.05, 0.1) is 5.41 Å². The van der Waals surface area contributed by atoms with E-state index in [1.165, 1.54) is 12.1 Å². The summed E-state index contributed by atoms with van der Waals surface area (Å²) < 4.78 is 27.9. The highest BCUT2D eigenvalue weighted by atomic mass is 35.5. The van der Waals surface area contributed by atoms with Gasteiger partial charge in [-0.3, -0.25) is 0 Å². The van der Waals surface area contributed by atoms with Crippen LogP contribution in [0.5, 0.6) is 5.75 Å². The van der Waals surface area contributed by atoms with Gasteiger partial charge in [-0.05, 0) is 24.3 Å². The number of nitrogens with two attached hydrogens (primary N) is 1. The van der Waals surface area contributed by atoms with E-state index in [-0.39, 0.29) is 5.82 Å². The molecule has 0 fully saturated rings. The molecule has 2 rings (SSSR count). The third kappa shape index (κ3) is 2.17. The second kappa shape index (κ2) is 3.80. The molecule has 0 saturated carbocycles. The predicted molar refractivity (Wildman–Crippen MR) is 60.7 cm³/mol. The minimum absolute atomic E-state index is 0.0936. The SMILES string of the molecule is NC1=CS(=O)(=O)C(Oc2ccc(Cl)cc2)=N1. The van der Waals surface area contributed by atoms with Crippen LogP contribution in [-0.4, -0.2) is 13.6 Å². The summed E-state index contributed by atoms with van der Waals surface area (Å²) in [5, 5.41) is 0.951. The van der Waals surface area contributed by atoms with Gasteiger partial charge < -0.3 is 10.5 Å². The van der Waals surface area contributed by atoms with Gasteiger partial charge in [-0.2, -0.15) is 4.99 Å². The minimum Gasteiger partial charge on any atom is -0.430 e. The van der Waals surface area contributed by atoms with Gasteiger partial charge in [-0.15, -0.1) is 0 Å². The molecule has 0 bridgehead atoms. The van der Waals surface area contributed by atoms with Gasteiger partial charge >= 0.3 is 5.23 Å². The van der Waals surface area contributed by atoms with E-state index in [4.69, 9.17) is 22.1 Å². The van der Waals surface area contributed by atoms with E-state index in [2.05, 4.69) is 4.99 Å². The molecule has 5 nitrogen and oxygen atoms in total. The van der Waals surface area contributed by atoms with Crippen LogP contribution in [-0.2, 0) is 9.84 Å². The van der Waals surface area contributed by atoms with Crippen molar-refractivity contribution in [3.05, 3.63) is 40.5 Å². The highest BCUT2D eigenvalue weighted by Crippen LogP contribution is 2.19. The molecule has 1 aromatic carbocycles. The van der Waals surface area contributed by atoms with Crippen molar-refractivity contribution in [2.75, 3.05) is 0 Å². The van der Waals surface area contributed by atoms with Crippen LogP contribution in [0.1, 0.15) is 0 Å². The summed E-state index contributed by atoms with van der Waals surface area (Å²) in [6.45, 7) is 0. The fourth-order valence-corrected chi connectivity index (χ4v) is 2.13. The van der Waals surface area contributed by atoms with Crippen molar-refractivity contribution in [3.63, 3.8) is 0 Å². The molecule has 0 atom stereocenters. The van der Waals surface area contributed by atoms with Crippen molar-refractivity contribution < 1.29 is 13.2 Å². The Hall–Kier alpha value is -1.53. The Kier molecular flexibility index (Phi) is 2.61. The molecule has 0 aromatic heterocycles. The summed E-state index contributed by atoms with van der Waals surface area (Å²) in [6, 6.07) is 6.23. The van der Waals surface area contributed by atoms with E-state index in [1.54, 1.807) is 12.1 Å². The Bertz CT molecular complexity index is 575. The summed E-state index contributed by atoms with van der Waals surface area (Å²) in [7, 11) is -3.64. The Labute approximate surface area is 97.1 Å². The average molecular weight is 259 g/mol. The van der Waals surface area contributed by atoms with Crippen LogP contribution in [0.4, 0.5) is 0 Å². The fourth-order valence-electron chi connectivity index (χ4n) is 1.09. The number of benzene rings is 1. The number of nitrogens with zero attached hydrogens (tertiary/aromatic N) is 1. The molecule has 0 aliphatic carbocycles. The van der Waals surface area contributed by atoms with E-state index >= 15 is 0 Å². The van der Waals surface area contributed by atoms with Crippen LogP contribution in [0.3, 0.4) is 0 Å². The maximum Gasteiger partial charge on any atom is 0.321 e. The van der Waals surface area contributed by atoms with E-state index in [9.17, 15) is 8.42 Å². The van der Waals surface area contributed by atoms with Crippen LogP contribution in [0.15, 0.2) is 40.5 Å². The van der Waals surface area contributed by atoms with Crippen molar-refractivity contribution in [2.45, 2.75) is 0 Å². The Morgan fingerprint density at radius 1 is 1.25 bits per heavy atom. The van der Waals surface area contributed by atoms with E-state index in [0.717, 1.165) is 5.41 Å². The number of aliphatic imine (C=N–C) groups is 1. The summed E-state index contributed by atoms with van der Waals surface area (Å²) in [4.78, 5) is 3.57. The standard InChI is InChI=1S/C9H7ClN2O3S/c10-6-1-3-7(4-2-6)15-9-12-8(11)5-16(9,13)14/h1-5H,11H2. The number of hydrogen-bond donors (Lipinski definition) is 1. The third-order valence-corrected chi connectivity index (χ3v) is 3.22. The molecule has 16 heavy (non-hydrogen) atoms. The second-order valence-electron chi connectivity index (χ2n) is 3.02. The fraction of sp³-hybridized carbons (Fsp3) is 0. The first-order valence-electron chi connectivity index (χ1n) is 4.22. The lowest BCUT2D eigenvalue weighted by atomic mass is 10.3. The monoisotopic (exact) mass is 258 g/mol. The molecule has 0 amide bonds. The molecule has 2 N–H and O–H groups in total. The maximum atomic E-state index is 11.4. The first kappa shape index (κ1) is 11.0. The summed E-state index contributed by atoms with van der Waals surface area (Å²) in [6.07, 6.45) is 0. The van der Waals surface area contributed by atoms with Crippen molar-refractivity contribution in [3.8, 4) is 5.75 Å². The van der Waals surface area contributed by atoms with Gasteiger partial charge in [0.2, 0.25) is 0 Å². The van der Waals surface area contributed by atoms with Crippen LogP contribution in [0, 0.1) is 0 Å². The average Bonchev–Trinajstić information content (AvgIpc) is 2.43. The first-order chi connectivity index (χ1) is 7.47. The topological polar surface area (TPSA) is 81.8 Å². The van der Waals surface area contributed by atoms with E-state index in [1.807, 2.05) is 0 Å². The van der Waals surface area contributed by atoms with Gasteiger partial charge in [0.15, 0.2) is 0 Å². The molecule has 0 unspecified atom stereocenters. The molecule has 1 aliphatic rings. The number of halogens is 1. The lowest BCUT2D eigenvalue weighted by Crippen LogP contribution is -2.15. The molecule has 0 saturated heterocycles. The molecule has 1 heterocycles. The van der Waals surface area contributed by atoms with Crippen molar-refractivity contribution in [1.82, 2.24) is 0 Å². The van der Waals surface area contributed by atoms with E-state index in [0.29, 0.717) is 10.8 Å². The van der Waals surface area contributed by atoms with Crippen molar-refractivity contribution in [2.24, 2.45) is 10.7 Å². The van der Waals surface area contributed by atoms with Crippen LogP contribution < -0.4 is 10.5 Å². The summed E-state index contributed by atoms with van der Waals surface area (Å²) >= 11 is 5.67. The Morgan fingerprint density at radius 3 is 2.38 bits per heavy atom. The minimum atomic E-state index is -3.64. The van der Waals surface area contributed by atoms with Crippen molar-refractivity contribution >= 4 is 26.7 Å². The molecule has 0 spiro atoms. The zero-order valence-corrected chi connectivity index (χ0v) is 9.49. The number of ether oxygens (including phenoxy) is 1. The zero-order valence-electron chi connectivity index (χ0n) is 7.92. The molecule has 7 heteroatoms. The van der Waals surface area contributed by atoms with Crippen LogP contribution >= 0.6 is 11.6 Å². The smallest absolute Gasteiger partial charge is 0.321 e. The van der Waals surface area contributed by atoms with Gasteiger partial charge in [0.1, 0.15) is 11.6 Å².